The van der Waals surface area contributed by atoms with Crippen molar-refractivity contribution in [2.45, 2.75) is 38.6 Å². The van der Waals surface area contributed by atoms with Crippen molar-refractivity contribution in [3.8, 4) is 0 Å². The average Bonchev–Trinajstić information content (AvgIpc) is 2.70. The summed E-state index contributed by atoms with van der Waals surface area (Å²) in [5, 5.41) is 3.19. The molecule has 0 aromatic rings. The van der Waals surface area contributed by atoms with E-state index in [0.717, 1.165) is 25.9 Å². The Labute approximate surface area is 92.2 Å². The van der Waals surface area contributed by atoms with E-state index in [4.69, 9.17) is 5.73 Å². The summed E-state index contributed by atoms with van der Waals surface area (Å²) in [6.45, 7) is 6.49. The lowest BCUT2D eigenvalue weighted by molar-refractivity contribution is -0.120. The normalized spacial score (nSPS) is 19.3. The number of hydrogen-bond donors (Lipinski definition) is 2. The van der Waals surface area contributed by atoms with Crippen molar-refractivity contribution in [1.82, 2.24) is 10.2 Å². The molecule has 0 radical (unpaired) electrons. The van der Waals surface area contributed by atoms with E-state index < -0.39 is 0 Å². The van der Waals surface area contributed by atoms with E-state index >= 15 is 0 Å². The Morgan fingerprint density at radius 2 is 2.13 bits per heavy atom. The monoisotopic (exact) mass is 213 g/mol. The zero-order valence-electron chi connectivity index (χ0n) is 9.67. The van der Waals surface area contributed by atoms with Gasteiger partial charge in [0.15, 0.2) is 0 Å². The molecule has 1 aliphatic rings. The van der Waals surface area contributed by atoms with Crippen LogP contribution >= 0.6 is 0 Å². The van der Waals surface area contributed by atoms with Gasteiger partial charge in [-0.1, -0.05) is 6.92 Å². The number of nitrogens with one attached hydrogen (secondary N) is 1. The molecular weight excluding hydrogens is 190 g/mol. The quantitative estimate of drug-likeness (QED) is 0.599. The van der Waals surface area contributed by atoms with Gasteiger partial charge in [0.1, 0.15) is 0 Å². The van der Waals surface area contributed by atoms with Crippen LogP contribution in [0.1, 0.15) is 32.6 Å². The molecule has 0 bridgehead atoms. The summed E-state index contributed by atoms with van der Waals surface area (Å²) >= 11 is 0. The number of likely N-dealkylation sites (tertiary alicyclic amines) is 1. The van der Waals surface area contributed by atoms with E-state index in [1.165, 1.54) is 25.9 Å². The summed E-state index contributed by atoms with van der Waals surface area (Å²) in [4.78, 5) is 13.4. The van der Waals surface area contributed by atoms with Gasteiger partial charge in [-0.15, -0.1) is 0 Å². The van der Waals surface area contributed by atoms with Crippen molar-refractivity contribution in [2.75, 3.05) is 26.2 Å². The lowest BCUT2D eigenvalue weighted by atomic mass is 10.2. The maximum absolute atomic E-state index is 10.9. The predicted octanol–water partition coefficient (Wildman–Crippen LogP) is 0.326. The highest BCUT2D eigenvalue weighted by molar-refractivity contribution is 5.79. The van der Waals surface area contributed by atoms with Gasteiger partial charge in [0, 0.05) is 0 Å². The first-order valence-corrected chi connectivity index (χ1v) is 5.99. The first-order chi connectivity index (χ1) is 7.24. The van der Waals surface area contributed by atoms with Crippen molar-refractivity contribution in [1.29, 1.82) is 0 Å². The third-order valence-electron chi connectivity index (χ3n) is 2.99. The lowest BCUT2D eigenvalue weighted by Gasteiger charge is -2.16. The molecule has 3 N–H and O–H groups in total. The van der Waals surface area contributed by atoms with Crippen LogP contribution in [0.25, 0.3) is 0 Å². The standard InChI is InChI=1S/C11H23N3O/c1-2-10(11(12)15)13-6-5-9-14-7-3-4-8-14/h10,13H,2-9H2,1H3,(H2,12,15). The molecule has 1 heterocycles. The topological polar surface area (TPSA) is 58.4 Å². The fourth-order valence-electron chi connectivity index (χ4n) is 2.03. The number of primary amides is 1. The minimum atomic E-state index is -0.237. The molecule has 4 nitrogen and oxygen atoms in total. The highest BCUT2D eigenvalue weighted by Gasteiger charge is 2.13. The molecular formula is C11H23N3O. The number of nitrogens with zero attached hydrogens (tertiary/aromatic N) is 1. The molecule has 15 heavy (non-hydrogen) atoms. The third kappa shape index (κ3) is 4.62. The minimum absolute atomic E-state index is 0.149. The maximum Gasteiger partial charge on any atom is 0.234 e. The van der Waals surface area contributed by atoms with Crippen LogP contribution in [0.15, 0.2) is 0 Å². The minimum Gasteiger partial charge on any atom is -0.368 e. The van der Waals surface area contributed by atoms with Crippen LogP contribution in [0.3, 0.4) is 0 Å². The largest absolute Gasteiger partial charge is 0.368 e. The fraction of sp³-hybridized carbons (Fsp3) is 0.909. The summed E-state index contributed by atoms with van der Waals surface area (Å²) < 4.78 is 0. The Bertz CT molecular complexity index is 190. The second-order valence-corrected chi connectivity index (χ2v) is 4.22. The number of nitrogens with two attached hydrogens (primary N) is 1. The molecule has 0 spiro atoms. The van der Waals surface area contributed by atoms with Crippen LogP contribution in [-0.2, 0) is 4.79 Å². The van der Waals surface area contributed by atoms with Crippen LogP contribution in [0.5, 0.6) is 0 Å². The van der Waals surface area contributed by atoms with Crippen molar-refractivity contribution < 1.29 is 4.79 Å². The lowest BCUT2D eigenvalue weighted by Crippen LogP contribution is -2.41. The van der Waals surface area contributed by atoms with Gasteiger partial charge in [0.05, 0.1) is 6.04 Å². The number of carbonyl (C=O) groups is 1. The van der Waals surface area contributed by atoms with Gasteiger partial charge in [-0.25, -0.2) is 0 Å². The summed E-state index contributed by atoms with van der Waals surface area (Å²) in [7, 11) is 0. The average molecular weight is 213 g/mol. The predicted molar refractivity (Wildman–Crippen MR) is 61.6 cm³/mol. The van der Waals surface area contributed by atoms with Crippen molar-refractivity contribution in [3.05, 3.63) is 0 Å². The maximum atomic E-state index is 10.9. The molecule has 1 atom stereocenters. The molecule has 1 fully saturated rings. The molecule has 0 aliphatic carbocycles. The number of amides is 1. The van der Waals surface area contributed by atoms with Gasteiger partial charge in [-0.2, -0.15) is 0 Å². The molecule has 88 valence electrons. The van der Waals surface area contributed by atoms with Gasteiger partial charge in [-0.3, -0.25) is 4.79 Å². The Balaban J connectivity index is 2.02. The van der Waals surface area contributed by atoms with Crippen LogP contribution in [0.4, 0.5) is 0 Å². The molecule has 1 amide bonds. The Morgan fingerprint density at radius 3 is 2.67 bits per heavy atom. The summed E-state index contributed by atoms with van der Waals surface area (Å²) in [5.74, 6) is -0.237. The van der Waals surface area contributed by atoms with E-state index in [2.05, 4.69) is 10.2 Å². The Morgan fingerprint density at radius 1 is 1.47 bits per heavy atom. The third-order valence-corrected chi connectivity index (χ3v) is 2.99. The van der Waals surface area contributed by atoms with Crippen LogP contribution in [-0.4, -0.2) is 43.0 Å². The van der Waals surface area contributed by atoms with Crippen molar-refractivity contribution in [3.63, 3.8) is 0 Å². The van der Waals surface area contributed by atoms with Gasteiger partial charge < -0.3 is 16.0 Å². The van der Waals surface area contributed by atoms with Gasteiger partial charge in [-0.05, 0) is 51.9 Å². The van der Waals surface area contributed by atoms with Crippen LogP contribution < -0.4 is 11.1 Å². The number of hydrogen-bond acceptors (Lipinski definition) is 3. The second kappa shape index (κ2) is 6.80. The highest BCUT2D eigenvalue weighted by Crippen LogP contribution is 2.06. The first kappa shape index (κ1) is 12.5. The molecule has 1 saturated heterocycles. The van der Waals surface area contributed by atoms with Gasteiger partial charge in [0.25, 0.3) is 0 Å². The zero-order valence-corrected chi connectivity index (χ0v) is 9.67. The fourth-order valence-corrected chi connectivity index (χ4v) is 2.03. The van der Waals surface area contributed by atoms with E-state index in [9.17, 15) is 4.79 Å². The smallest absolute Gasteiger partial charge is 0.234 e. The Hall–Kier alpha value is -0.610. The summed E-state index contributed by atoms with van der Waals surface area (Å²) in [5.41, 5.74) is 5.24. The van der Waals surface area contributed by atoms with Crippen LogP contribution in [0.2, 0.25) is 0 Å². The SMILES string of the molecule is CCC(NCCCN1CCCC1)C(N)=O. The first-order valence-electron chi connectivity index (χ1n) is 5.99. The molecule has 0 aromatic heterocycles. The molecule has 1 rings (SSSR count). The molecule has 1 aliphatic heterocycles. The second-order valence-electron chi connectivity index (χ2n) is 4.22. The van der Waals surface area contributed by atoms with Crippen LogP contribution in [0, 0.1) is 0 Å². The number of carbonyl (C=O) groups excluding carboxylic acids is 1. The Kier molecular flexibility index (Phi) is 5.65. The van der Waals surface area contributed by atoms with Gasteiger partial charge >= 0.3 is 0 Å². The van der Waals surface area contributed by atoms with E-state index in [-0.39, 0.29) is 11.9 Å². The zero-order chi connectivity index (χ0) is 11.1. The van der Waals surface area contributed by atoms with E-state index in [0.29, 0.717) is 0 Å². The highest BCUT2D eigenvalue weighted by atomic mass is 16.1. The van der Waals surface area contributed by atoms with Crippen molar-refractivity contribution in [2.24, 2.45) is 5.73 Å². The van der Waals surface area contributed by atoms with E-state index in [1.807, 2.05) is 6.92 Å². The molecule has 1 unspecified atom stereocenters. The summed E-state index contributed by atoms with van der Waals surface area (Å²) in [6.07, 6.45) is 4.56. The molecule has 0 saturated carbocycles. The molecule has 4 heteroatoms. The molecule has 0 aromatic carbocycles. The van der Waals surface area contributed by atoms with Crippen molar-refractivity contribution >= 4 is 5.91 Å². The number of rotatable bonds is 7. The summed E-state index contributed by atoms with van der Waals surface area (Å²) in [6, 6.07) is -0.149. The van der Waals surface area contributed by atoms with Gasteiger partial charge in [0.2, 0.25) is 5.91 Å². The van der Waals surface area contributed by atoms with E-state index in [1.54, 1.807) is 0 Å².